The molecule has 0 N–H and O–H groups in total. The van der Waals surface area contributed by atoms with Gasteiger partial charge >= 0.3 is 0 Å². The van der Waals surface area contributed by atoms with Crippen molar-refractivity contribution in [1.29, 1.82) is 0 Å². The molecule has 1 aromatic heterocycles. The monoisotopic (exact) mass is 304 g/mol. The van der Waals surface area contributed by atoms with Gasteiger partial charge in [-0.3, -0.25) is 4.79 Å². The van der Waals surface area contributed by atoms with Crippen LogP contribution in [0.2, 0.25) is 0 Å². The summed E-state index contributed by atoms with van der Waals surface area (Å²) in [5.41, 5.74) is 0.972. The molecule has 1 amide bonds. The van der Waals surface area contributed by atoms with Gasteiger partial charge < -0.3 is 9.47 Å². The van der Waals surface area contributed by atoms with Gasteiger partial charge in [-0.1, -0.05) is 42.1 Å². The molecule has 1 aromatic carbocycles. The Hall–Kier alpha value is -1.82. The van der Waals surface area contributed by atoms with Crippen molar-refractivity contribution in [3.63, 3.8) is 0 Å². The summed E-state index contributed by atoms with van der Waals surface area (Å²) in [6, 6.07) is 10.0. The number of thioether (sulfide) groups is 1. The summed E-state index contributed by atoms with van der Waals surface area (Å²) in [6.07, 6.45) is 1.70. The van der Waals surface area contributed by atoms with Gasteiger partial charge in [0.25, 0.3) is 0 Å². The fourth-order valence-electron chi connectivity index (χ4n) is 1.90. The second kappa shape index (κ2) is 6.76. The molecule has 1 atom stereocenters. The van der Waals surface area contributed by atoms with E-state index < -0.39 is 0 Å². The van der Waals surface area contributed by atoms with E-state index >= 15 is 0 Å². The van der Waals surface area contributed by atoms with E-state index in [4.69, 9.17) is 0 Å². The second-order valence-corrected chi connectivity index (χ2v) is 6.33. The molecule has 5 nitrogen and oxygen atoms in total. The van der Waals surface area contributed by atoms with Crippen LogP contribution < -0.4 is 0 Å². The lowest BCUT2D eigenvalue weighted by Crippen LogP contribution is -2.27. The third-order valence-electron chi connectivity index (χ3n) is 3.09. The molecule has 0 aliphatic heterocycles. The third kappa shape index (κ3) is 3.64. The summed E-state index contributed by atoms with van der Waals surface area (Å²) in [7, 11) is 3.54. The van der Waals surface area contributed by atoms with E-state index in [0.717, 1.165) is 10.7 Å². The lowest BCUT2D eigenvalue weighted by Gasteiger charge is -2.20. The molecule has 0 spiro atoms. The van der Waals surface area contributed by atoms with Gasteiger partial charge in [0.1, 0.15) is 11.6 Å². The number of rotatable bonds is 5. The largest absolute Gasteiger partial charge is 0.348 e. The van der Waals surface area contributed by atoms with Crippen molar-refractivity contribution in [3.05, 3.63) is 42.2 Å². The summed E-state index contributed by atoms with van der Waals surface area (Å²) in [5, 5.41) is 8.55. The lowest BCUT2D eigenvalue weighted by molar-refractivity contribution is -0.128. The fraction of sp³-hybridized carbons (Fsp3) is 0.400. The second-order valence-electron chi connectivity index (χ2n) is 5.26. The Labute approximate surface area is 129 Å². The molecule has 0 saturated heterocycles. The maximum Gasteiger partial charge on any atom is 0.240 e. The highest BCUT2D eigenvalue weighted by Gasteiger charge is 2.26. The molecule has 112 valence electrons. The van der Waals surface area contributed by atoms with Crippen LogP contribution in [0.25, 0.3) is 0 Å². The van der Waals surface area contributed by atoms with Crippen LogP contribution in [-0.2, 0) is 4.79 Å². The molecule has 2 rings (SSSR count). The first kappa shape index (κ1) is 15.6. The van der Waals surface area contributed by atoms with E-state index in [0.29, 0.717) is 0 Å². The van der Waals surface area contributed by atoms with E-state index in [1.807, 2.05) is 34.9 Å². The number of carbonyl (C=O) groups is 1. The lowest BCUT2D eigenvalue weighted by atomic mass is 10.1. The molecule has 6 heteroatoms. The van der Waals surface area contributed by atoms with Crippen molar-refractivity contribution in [2.75, 3.05) is 14.1 Å². The van der Waals surface area contributed by atoms with Crippen molar-refractivity contribution < 1.29 is 4.79 Å². The first-order valence-corrected chi connectivity index (χ1v) is 7.71. The quantitative estimate of drug-likeness (QED) is 0.797. The topological polar surface area (TPSA) is 51.0 Å². The van der Waals surface area contributed by atoms with Crippen LogP contribution in [0.5, 0.6) is 0 Å². The molecule has 0 aliphatic rings. The number of hydrogen-bond donors (Lipinski definition) is 0. The molecule has 0 saturated carbocycles. The van der Waals surface area contributed by atoms with Crippen LogP contribution in [0.4, 0.5) is 0 Å². The van der Waals surface area contributed by atoms with Crippen LogP contribution in [0, 0.1) is 0 Å². The van der Waals surface area contributed by atoms with Gasteiger partial charge in [-0.25, -0.2) is 0 Å². The number of benzene rings is 1. The molecule has 2 aromatic rings. The number of aromatic nitrogens is 3. The van der Waals surface area contributed by atoms with Crippen LogP contribution in [0.1, 0.15) is 30.7 Å². The summed E-state index contributed by atoms with van der Waals surface area (Å²) in [6.45, 7) is 4.14. The molecule has 0 aliphatic carbocycles. The smallest absolute Gasteiger partial charge is 0.240 e. The summed E-state index contributed by atoms with van der Waals surface area (Å²) in [5.74, 6) is 0.0458. The minimum absolute atomic E-state index is 0.0458. The van der Waals surface area contributed by atoms with Crippen LogP contribution >= 0.6 is 11.8 Å². The summed E-state index contributed by atoms with van der Waals surface area (Å²) < 4.78 is 1.98. The van der Waals surface area contributed by atoms with Crippen molar-refractivity contribution in [2.45, 2.75) is 30.3 Å². The first-order chi connectivity index (χ1) is 10.0. The maximum atomic E-state index is 12.5. The molecule has 21 heavy (non-hydrogen) atoms. The van der Waals surface area contributed by atoms with Crippen LogP contribution in [0.3, 0.4) is 0 Å². The van der Waals surface area contributed by atoms with Gasteiger partial charge in [-0.05, 0) is 19.4 Å². The average molecular weight is 304 g/mol. The van der Waals surface area contributed by atoms with Crippen LogP contribution in [-0.4, -0.2) is 39.7 Å². The molecule has 0 bridgehead atoms. The Bertz CT molecular complexity index is 595. The number of hydrogen-bond acceptors (Lipinski definition) is 4. The molecule has 1 unspecified atom stereocenters. The fourth-order valence-corrected chi connectivity index (χ4v) is 3.19. The number of likely N-dealkylation sites (N-methyl/N-ethyl adjacent to an activating group) is 1. The van der Waals surface area contributed by atoms with Crippen molar-refractivity contribution in [1.82, 2.24) is 19.7 Å². The minimum atomic E-state index is -0.317. The molecule has 0 fully saturated rings. The number of carbonyl (C=O) groups excluding carboxylic acids is 1. The van der Waals surface area contributed by atoms with Gasteiger partial charge in [0.05, 0.1) is 0 Å². The SMILES string of the molecule is CC(C)n1cnnc1SC(C(=O)N(C)C)c1ccccc1. The van der Waals surface area contributed by atoms with E-state index in [9.17, 15) is 4.79 Å². The number of nitrogens with zero attached hydrogens (tertiary/aromatic N) is 4. The first-order valence-electron chi connectivity index (χ1n) is 6.83. The predicted molar refractivity (Wildman–Crippen MR) is 84.1 cm³/mol. The van der Waals surface area contributed by atoms with Gasteiger partial charge in [0.2, 0.25) is 5.91 Å². The van der Waals surface area contributed by atoms with Gasteiger partial charge in [0, 0.05) is 20.1 Å². The van der Waals surface area contributed by atoms with Gasteiger partial charge in [-0.2, -0.15) is 0 Å². The van der Waals surface area contributed by atoms with Gasteiger partial charge in [0.15, 0.2) is 5.16 Å². The van der Waals surface area contributed by atoms with E-state index in [2.05, 4.69) is 24.0 Å². The summed E-state index contributed by atoms with van der Waals surface area (Å²) >= 11 is 1.44. The normalized spacial score (nSPS) is 12.4. The molecule has 1 heterocycles. The third-order valence-corrected chi connectivity index (χ3v) is 4.30. The number of amides is 1. The van der Waals surface area contributed by atoms with Gasteiger partial charge in [-0.15, -0.1) is 10.2 Å². The highest BCUT2D eigenvalue weighted by Crippen LogP contribution is 2.36. The minimum Gasteiger partial charge on any atom is -0.348 e. The zero-order chi connectivity index (χ0) is 15.4. The van der Waals surface area contributed by atoms with Crippen molar-refractivity contribution in [3.8, 4) is 0 Å². The maximum absolute atomic E-state index is 12.5. The Morgan fingerprint density at radius 1 is 1.24 bits per heavy atom. The standard InChI is InChI=1S/C15H20N4OS/c1-11(2)19-10-16-17-15(19)21-13(14(20)18(3)4)12-8-6-5-7-9-12/h5-11,13H,1-4H3. The highest BCUT2D eigenvalue weighted by atomic mass is 32.2. The van der Waals surface area contributed by atoms with Crippen LogP contribution in [0.15, 0.2) is 41.8 Å². The Morgan fingerprint density at radius 3 is 2.48 bits per heavy atom. The Morgan fingerprint density at radius 2 is 1.90 bits per heavy atom. The van der Waals surface area contributed by atoms with E-state index in [1.165, 1.54) is 11.8 Å². The predicted octanol–water partition coefficient (Wildman–Crippen LogP) is 2.78. The zero-order valence-corrected chi connectivity index (χ0v) is 13.5. The molecular formula is C15H20N4OS. The van der Waals surface area contributed by atoms with E-state index in [1.54, 1.807) is 25.3 Å². The summed E-state index contributed by atoms with van der Waals surface area (Å²) in [4.78, 5) is 14.1. The van der Waals surface area contributed by atoms with E-state index in [-0.39, 0.29) is 17.2 Å². The van der Waals surface area contributed by atoms with Crippen molar-refractivity contribution in [2.24, 2.45) is 0 Å². The molecular weight excluding hydrogens is 284 g/mol. The van der Waals surface area contributed by atoms with Crippen molar-refractivity contribution >= 4 is 17.7 Å². The Balaban J connectivity index is 2.33. The zero-order valence-electron chi connectivity index (χ0n) is 12.7. The average Bonchev–Trinajstić information content (AvgIpc) is 2.93. The highest BCUT2D eigenvalue weighted by molar-refractivity contribution is 8.00. The Kier molecular flexibility index (Phi) is 5.01. The molecule has 0 radical (unpaired) electrons.